The van der Waals surface area contributed by atoms with Crippen LogP contribution in [0.2, 0.25) is 0 Å². The van der Waals surface area contributed by atoms with Crippen molar-refractivity contribution >= 4 is 21.8 Å². The number of benzene rings is 2. The molecule has 0 bridgehead atoms. The highest BCUT2D eigenvalue weighted by atomic mass is 32.2. The fourth-order valence-corrected chi connectivity index (χ4v) is 6.56. The Balaban J connectivity index is 2.02. The predicted molar refractivity (Wildman–Crippen MR) is 169 cm³/mol. The number of rotatable bonds is 13. The lowest BCUT2D eigenvalue weighted by atomic mass is 9.91. The van der Waals surface area contributed by atoms with Gasteiger partial charge >= 0.3 is 0 Å². The lowest BCUT2D eigenvalue weighted by Crippen LogP contribution is -2.60. The maximum Gasteiger partial charge on any atom is 0.252 e. The molecule has 0 fully saturated rings. The number of hydrogen-bond donors (Lipinski definition) is 2. The van der Waals surface area contributed by atoms with E-state index in [2.05, 4.69) is 5.43 Å². The summed E-state index contributed by atoms with van der Waals surface area (Å²) < 4.78 is 40.5. The molecule has 2 atom stereocenters. The summed E-state index contributed by atoms with van der Waals surface area (Å²) in [4.78, 5) is 28.4. The lowest BCUT2D eigenvalue weighted by molar-refractivity contribution is -0.149. The summed E-state index contributed by atoms with van der Waals surface area (Å²) in [5.74, 6) is -0.0674. The summed E-state index contributed by atoms with van der Waals surface area (Å²) in [5.41, 5.74) is 3.14. The molecule has 1 aliphatic rings. The maximum absolute atomic E-state index is 14.0. The average molecular weight is 633 g/mol. The Morgan fingerprint density at radius 3 is 2.20 bits per heavy atom. The number of hydrazine groups is 1. The Labute approximate surface area is 262 Å². The van der Waals surface area contributed by atoms with Crippen molar-refractivity contribution < 1.29 is 32.6 Å². The molecule has 0 spiro atoms. The molecular weight excluding hydrogens is 584 g/mol. The molecule has 0 radical (unpaired) electrons. The van der Waals surface area contributed by atoms with Crippen molar-refractivity contribution in [1.82, 2.24) is 19.6 Å². The number of amides is 2. The van der Waals surface area contributed by atoms with Crippen molar-refractivity contribution in [3.05, 3.63) is 54.1 Å². The highest BCUT2D eigenvalue weighted by Crippen LogP contribution is 2.33. The first kappa shape index (κ1) is 35.3. The van der Waals surface area contributed by atoms with Gasteiger partial charge < -0.3 is 19.5 Å². The van der Waals surface area contributed by atoms with Crippen molar-refractivity contribution in [2.75, 3.05) is 46.9 Å². The van der Waals surface area contributed by atoms with E-state index in [0.717, 1.165) is 5.56 Å². The number of sulfonamides is 1. The van der Waals surface area contributed by atoms with Gasteiger partial charge in [-0.2, -0.15) is 4.31 Å². The van der Waals surface area contributed by atoms with E-state index in [1.165, 1.54) is 21.4 Å². The number of nitrogens with zero attached hydrogens (tertiary/aromatic N) is 3. The van der Waals surface area contributed by atoms with Crippen LogP contribution in [0.15, 0.2) is 53.4 Å². The van der Waals surface area contributed by atoms with Gasteiger partial charge in [-0.3, -0.25) is 15.0 Å². The molecule has 2 N–H and O–H groups in total. The smallest absolute Gasteiger partial charge is 0.252 e. The Hall–Kier alpha value is -3.19. The van der Waals surface area contributed by atoms with E-state index in [9.17, 15) is 23.1 Å². The molecule has 1 aliphatic heterocycles. The number of ether oxygens (including phenoxy) is 2. The van der Waals surface area contributed by atoms with Crippen LogP contribution in [0, 0.1) is 11.3 Å². The molecule has 2 aromatic rings. The van der Waals surface area contributed by atoms with Crippen LogP contribution in [0.5, 0.6) is 11.5 Å². The van der Waals surface area contributed by atoms with Crippen LogP contribution < -0.4 is 14.9 Å². The number of hydrogen-bond acceptors (Lipinski definition) is 8. The molecule has 244 valence electrons. The van der Waals surface area contributed by atoms with Gasteiger partial charge in [0.2, 0.25) is 15.9 Å². The number of nitrogens with one attached hydrogen (secondary N) is 1. The number of aliphatic hydroxyl groups is 1. The Morgan fingerprint density at radius 2 is 1.61 bits per heavy atom. The summed E-state index contributed by atoms with van der Waals surface area (Å²) in [6.07, 6.45) is -1.08. The van der Waals surface area contributed by atoms with Crippen LogP contribution in [-0.4, -0.2) is 98.6 Å². The number of carbonyl (C=O) groups is 2. The first-order valence-electron chi connectivity index (χ1n) is 14.9. The zero-order valence-electron chi connectivity index (χ0n) is 26.9. The van der Waals surface area contributed by atoms with Gasteiger partial charge in [-0.15, -0.1) is 0 Å². The predicted octanol–water partition coefficient (Wildman–Crippen LogP) is 2.93. The Bertz CT molecular complexity index is 1360. The summed E-state index contributed by atoms with van der Waals surface area (Å²) in [5, 5.41) is 13.1. The van der Waals surface area contributed by atoms with Gasteiger partial charge in [0, 0.05) is 25.6 Å². The number of aliphatic hydroxyl groups excluding tert-OH is 1. The SMILES string of the molecule is CC(C)CN(C[C@@H](O)C(Cc1ccccc1)N(NC(=O)CN(C)C)C(=O)CC(C)(C)C)S(=O)(=O)c1ccc2c(c1)OCCO2. The maximum atomic E-state index is 14.0. The second-order valence-electron chi connectivity index (χ2n) is 13.1. The van der Waals surface area contributed by atoms with Crippen LogP contribution in [-0.2, 0) is 26.0 Å². The van der Waals surface area contributed by atoms with Crippen LogP contribution in [0.1, 0.15) is 46.6 Å². The molecule has 1 heterocycles. The van der Waals surface area contributed by atoms with E-state index in [0.29, 0.717) is 24.7 Å². The molecule has 2 aromatic carbocycles. The van der Waals surface area contributed by atoms with Crippen LogP contribution in [0.4, 0.5) is 0 Å². The second-order valence-corrected chi connectivity index (χ2v) is 15.1. The summed E-state index contributed by atoms with van der Waals surface area (Å²) >= 11 is 0. The normalized spacial score (nSPS) is 14.9. The number of fused-ring (bicyclic) bond motifs is 1. The van der Waals surface area contributed by atoms with Crippen molar-refractivity contribution in [3.8, 4) is 11.5 Å². The topological polar surface area (TPSA) is 129 Å². The second kappa shape index (κ2) is 15.2. The quantitative estimate of drug-likeness (QED) is 0.323. The van der Waals surface area contributed by atoms with E-state index in [-0.39, 0.29) is 49.2 Å². The third kappa shape index (κ3) is 10.2. The highest BCUT2D eigenvalue weighted by molar-refractivity contribution is 7.89. The molecule has 12 heteroatoms. The monoisotopic (exact) mass is 632 g/mol. The summed E-state index contributed by atoms with van der Waals surface area (Å²) in [6.45, 7) is 10.0. The molecule has 3 rings (SSSR count). The third-order valence-corrected chi connectivity index (χ3v) is 8.66. The molecule has 1 unspecified atom stereocenters. The van der Waals surface area contributed by atoms with Crippen LogP contribution in [0.3, 0.4) is 0 Å². The fraction of sp³-hybridized carbons (Fsp3) is 0.562. The van der Waals surface area contributed by atoms with Gasteiger partial charge in [-0.05, 0) is 49.5 Å². The number of likely N-dealkylation sites (N-methyl/N-ethyl adjacent to an activating group) is 1. The average Bonchev–Trinajstić information content (AvgIpc) is 2.93. The van der Waals surface area contributed by atoms with Gasteiger partial charge in [0.05, 0.1) is 23.6 Å². The molecule has 2 amide bonds. The van der Waals surface area contributed by atoms with E-state index < -0.39 is 33.5 Å². The van der Waals surface area contributed by atoms with Gasteiger partial charge in [0.15, 0.2) is 11.5 Å². The van der Waals surface area contributed by atoms with Crippen molar-refractivity contribution in [2.24, 2.45) is 11.3 Å². The van der Waals surface area contributed by atoms with E-state index in [1.54, 1.807) is 25.1 Å². The molecule has 0 aromatic heterocycles. The van der Waals surface area contributed by atoms with Gasteiger partial charge in [-0.25, -0.2) is 13.4 Å². The van der Waals surface area contributed by atoms with Gasteiger partial charge in [-0.1, -0.05) is 65.0 Å². The molecule has 0 saturated heterocycles. The molecule has 0 aliphatic carbocycles. The molecule has 11 nitrogen and oxygen atoms in total. The van der Waals surface area contributed by atoms with E-state index in [1.807, 2.05) is 65.0 Å². The Kier molecular flexibility index (Phi) is 12.2. The molecule has 0 saturated carbocycles. The first-order chi connectivity index (χ1) is 20.6. The van der Waals surface area contributed by atoms with Crippen molar-refractivity contribution in [2.45, 2.75) is 64.5 Å². The van der Waals surface area contributed by atoms with E-state index >= 15 is 0 Å². The number of carbonyl (C=O) groups excluding carboxylic acids is 2. The summed E-state index contributed by atoms with van der Waals surface area (Å²) in [6, 6.07) is 12.8. The minimum Gasteiger partial charge on any atom is -0.486 e. The van der Waals surface area contributed by atoms with Crippen molar-refractivity contribution in [1.29, 1.82) is 0 Å². The van der Waals surface area contributed by atoms with Gasteiger partial charge in [0.1, 0.15) is 13.2 Å². The third-order valence-electron chi connectivity index (χ3n) is 6.83. The minimum atomic E-state index is -4.10. The fourth-order valence-electron chi connectivity index (χ4n) is 4.92. The molecular formula is C32H48N4O7S. The van der Waals surface area contributed by atoms with Crippen LogP contribution in [0.25, 0.3) is 0 Å². The lowest BCUT2D eigenvalue weighted by Gasteiger charge is -2.38. The zero-order valence-corrected chi connectivity index (χ0v) is 27.8. The largest absolute Gasteiger partial charge is 0.486 e. The molecule has 44 heavy (non-hydrogen) atoms. The van der Waals surface area contributed by atoms with Gasteiger partial charge in [0.25, 0.3) is 5.91 Å². The van der Waals surface area contributed by atoms with Crippen LogP contribution >= 0.6 is 0 Å². The van der Waals surface area contributed by atoms with E-state index in [4.69, 9.17) is 9.47 Å². The van der Waals surface area contributed by atoms with Crippen molar-refractivity contribution in [3.63, 3.8) is 0 Å². The highest BCUT2D eigenvalue weighted by Gasteiger charge is 2.37. The zero-order chi connectivity index (χ0) is 32.7. The standard InChI is InChI=1S/C32H48N4O7S/c1-23(2)20-35(44(40,41)25-13-14-28-29(18-25)43-16-15-42-28)21-27(37)26(17-24-11-9-8-10-12-24)36(31(39)19-32(3,4)5)33-30(38)22-34(6)7/h8-14,18,23,26-27,37H,15-17,19-22H2,1-7H3,(H,33,38)/t26?,27-/m1/s1. The first-order valence-corrected chi connectivity index (χ1v) is 16.4. The minimum absolute atomic E-state index is 0.00848. The summed E-state index contributed by atoms with van der Waals surface area (Å²) in [7, 11) is -0.625. The Morgan fingerprint density at radius 1 is 0.977 bits per heavy atom.